The molecule has 3 aromatic carbocycles. The number of fused-ring (bicyclic) bond motifs is 1. The molecule has 2 amide bonds. The van der Waals surface area contributed by atoms with Crippen molar-refractivity contribution in [2.45, 2.75) is 19.4 Å². The third kappa shape index (κ3) is 3.98. The molecule has 0 aromatic heterocycles. The Kier molecular flexibility index (Phi) is 6.24. The molecule has 0 aliphatic carbocycles. The highest BCUT2D eigenvalue weighted by molar-refractivity contribution is 6.31. The van der Waals surface area contributed by atoms with Crippen molar-refractivity contribution in [3.05, 3.63) is 87.7 Å². The van der Waals surface area contributed by atoms with E-state index < -0.39 is 11.9 Å². The van der Waals surface area contributed by atoms with E-state index in [1.54, 1.807) is 37.3 Å². The van der Waals surface area contributed by atoms with Gasteiger partial charge in [-0.1, -0.05) is 35.9 Å². The van der Waals surface area contributed by atoms with Gasteiger partial charge in [-0.3, -0.25) is 0 Å². The number of rotatable bonds is 4. The molecule has 0 saturated carbocycles. The van der Waals surface area contributed by atoms with Gasteiger partial charge in [0.15, 0.2) is 11.5 Å². The summed E-state index contributed by atoms with van der Waals surface area (Å²) >= 11 is 6.46. The lowest BCUT2D eigenvalue weighted by molar-refractivity contribution is 0.192. The Morgan fingerprint density at radius 1 is 1.09 bits per heavy atom. The molecule has 1 aliphatic heterocycles. The van der Waals surface area contributed by atoms with Crippen LogP contribution in [-0.4, -0.2) is 31.7 Å². The molecule has 0 fully saturated rings. The predicted octanol–water partition coefficient (Wildman–Crippen LogP) is 5.98. The highest BCUT2D eigenvalue weighted by Gasteiger charge is 2.36. The fraction of sp³-hybridized carbons (Fsp3) is 0.240. The number of aryl methyl sites for hydroxylation is 1. The third-order valence-electron chi connectivity index (χ3n) is 5.79. The maximum Gasteiger partial charge on any atom is 0.322 e. The van der Waals surface area contributed by atoms with E-state index in [0.29, 0.717) is 30.2 Å². The molecule has 1 aliphatic rings. The Labute approximate surface area is 191 Å². The van der Waals surface area contributed by atoms with Gasteiger partial charge in [-0.05, 0) is 60.4 Å². The number of hydrogen-bond donors (Lipinski definition) is 1. The van der Waals surface area contributed by atoms with Gasteiger partial charge < -0.3 is 19.7 Å². The topological polar surface area (TPSA) is 50.8 Å². The van der Waals surface area contributed by atoms with Crippen LogP contribution in [0.4, 0.5) is 14.9 Å². The van der Waals surface area contributed by atoms with Crippen LogP contribution >= 0.6 is 11.6 Å². The minimum absolute atomic E-state index is 0.252. The molecule has 0 radical (unpaired) electrons. The summed E-state index contributed by atoms with van der Waals surface area (Å²) in [4.78, 5) is 15.0. The van der Waals surface area contributed by atoms with Crippen LogP contribution in [-0.2, 0) is 6.42 Å². The Morgan fingerprint density at radius 2 is 1.81 bits per heavy atom. The molecule has 3 aromatic rings. The van der Waals surface area contributed by atoms with Crippen LogP contribution in [0.3, 0.4) is 0 Å². The number of hydrogen-bond acceptors (Lipinski definition) is 3. The first-order valence-corrected chi connectivity index (χ1v) is 10.6. The average Bonchev–Trinajstić information content (AvgIpc) is 2.79. The Morgan fingerprint density at radius 3 is 2.50 bits per heavy atom. The van der Waals surface area contributed by atoms with Gasteiger partial charge in [0.2, 0.25) is 0 Å². The summed E-state index contributed by atoms with van der Waals surface area (Å²) in [5.41, 5.74) is 3.59. The monoisotopic (exact) mass is 454 g/mol. The molecule has 1 atom stereocenters. The molecule has 7 heteroatoms. The second-order valence-corrected chi connectivity index (χ2v) is 8.04. The van der Waals surface area contributed by atoms with E-state index in [-0.39, 0.29) is 16.6 Å². The van der Waals surface area contributed by atoms with Gasteiger partial charge >= 0.3 is 6.03 Å². The second kappa shape index (κ2) is 9.09. The van der Waals surface area contributed by atoms with Crippen molar-refractivity contribution < 1.29 is 18.7 Å². The minimum Gasteiger partial charge on any atom is -0.493 e. The first-order valence-electron chi connectivity index (χ1n) is 10.3. The van der Waals surface area contributed by atoms with Gasteiger partial charge in [0.1, 0.15) is 5.82 Å². The second-order valence-electron chi connectivity index (χ2n) is 7.63. The number of ether oxygens (including phenoxy) is 2. The Bertz CT molecular complexity index is 1150. The fourth-order valence-electron chi connectivity index (χ4n) is 4.15. The molecule has 5 nitrogen and oxygen atoms in total. The van der Waals surface area contributed by atoms with Crippen molar-refractivity contribution >= 4 is 23.3 Å². The lowest BCUT2D eigenvalue weighted by Crippen LogP contribution is -2.43. The zero-order chi connectivity index (χ0) is 22.8. The van der Waals surface area contributed by atoms with Crippen molar-refractivity contribution in [3.8, 4) is 11.5 Å². The van der Waals surface area contributed by atoms with Gasteiger partial charge in [0.05, 0.1) is 20.3 Å². The van der Waals surface area contributed by atoms with E-state index in [4.69, 9.17) is 21.1 Å². The van der Waals surface area contributed by atoms with Crippen LogP contribution in [0.2, 0.25) is 5.02 Å². The summed E-state index contributed by atoms with van der Waals surface area (Å²) < 4.78 is 26.0. The maximum absolute atomic E-state index is 15.1. The molecule has 32 heavy (non-hydrogen) atoms. The van der Waals surface area contributed by atoms with Gasteiger partial charge in [0, 0.05) is 22.8 Å². The molecular formula is C25H24ClFN2O3. The number of anilines is 1. The number of para-hydroxylation sites is 1. The van der Waals surface area contributed by atoms with E-state index in [2.05, 4.69) is 5.32 Å². The van der Waals surface area contributed by atoms with Crippen molar-refractivity contribution in [2.24, 2.45) is 0 Å². The zero-order valence-electron chi connectivity index (χ0n) is 18.1. The molecule has 1 heterocycles. The van der Waals surface area contributed by atoms with E-state index in [1.165, 1.54) is 6.07 Å². The molecule has 1 N–H and O–H groups in total. The normalized spacial score (nSPS) is 15.2. The van der Waals surface area contributed by atoms with Crippen LogP contribution in [0, 0.1) is 12.7 Å². The van der Waals surface area contributed by atoms with Crippen LogP contribution < -0.4 is 14.8 Å². The van der Waals surface area contributed by atoms with E-state index in [9.17, 15) is 4.79 Å². The summed E-state index contributed by atoms with van der Waals surface area (Å²) in [5.74, 6) is 0.617. The van der Waals surface area contributed by atoms with E-state index >= 15 is 4.39 Å². The van der Waals surface area contributed by atoms with Gasteiger partial charge in [-0.15, -0.1) is 0 Å². The molecule has 0 bridgehead atoms. The number of urea groups is 1. The van der Waals surface area contributed by atoms with Gasteiger partial charge in [-0.25, -0.2) is 9.18 Å². The average molecular weight is 455 g/mol. The largest absolute Gasteiger partial charge is 0.493 e. The van der Waals surface area contributed by atoms with E-state index in [0.717, 1.165) is 16.7 Å². The molecule has 0 saturated heterocycles. The van der Waals surface area contributed by atoms with Crippen LogP contribution in [0.25, 0.3) is 0 Å². The standard InChI is InChI=1S/C25H24ClFN2O3/c1-15-7-4-5-10-20(15)28-25(30)29-12-11-16-13-21(31-2)22(32-3)14-17(16)24(29)23-18(26)8-6-9-19(23)27/h4-10,13-14,24H,11-12H2,1-3H3,(H,28,30). The fourth-order valence-corrected chi connectivity index (χ4v) is 4.41. The van der Waals surface area contributed by atoms with Gasteiger partial charge in [0.25, 0.3) is 0 Å². The number of methoxy groups -OCH3 is 2. The predicted molar refractivity (Wildman–Crippen MR) is 123 cm³/mol. The number of nitrogens with one attached hydrogen (secondary N) is 1. The lowest BCUT2D eigenvalue weighted by atomic mass is 9.87. The summed E-state index contributed by atoms with van der Waals surface area (Å²) in [7, 11) is 3.11. The third-order valence-corrected chi connectivity index (χ3v) is 6.12. The number of halogens is 2. The van der Waals surface area contributed by atoms with Crippen molar-refractivity contribution in [1.82, 2.24) is 4.90 Å². The van der Waals surface area contributed by atoms with E-state index in [1.807, 2.05) is 37.3 Å². The molecular weight excluding hydrogens is 431 g/mol. The Balaban J connectivity index is 1.84. The molecule has 166 valence electrons. The molecule has 1 unspecified atom stereocenters. The smallest absolute Gasteiger partial charge is 0.322 e. The number of amides is 2. The van der Waals surface area contributed by atoms with Crippen LogP contribution in [0.15, 0.2) is 54.6 Å². The van der Waals surface area contributed by atoms with Crippen LogP contribution in [0.5, 0.6) is 11.5 Å². The number of carbonyl (C=O) groups excluding carboxylic acids is 1. The lowest BCUT2D eigenvalue weighted by Gasteiger charge is -2.38. The van der Waals surface area contributed by atoms with Gasteiger partial charge in [-0.2, -0.15) is 0 Å². The first kappa shape index (κ1) is 22.0. The highest BCUT2D eigenvalue weighted by Crippen LogP contribution is 2.43. The summed E-state index contributed by atoms with van der Waals surface area (Å²) in [6, 6.07) is 14.7. The summed E-state index contributed by atoms with van der Waals surface area (Å²) in [6.45, 7) is 2.30. The Hall–Kier alpha value is -3.25. The summed E-state index contributed by atoms with van der Waals surface area (Å²) in [5, 5.41) is 3.22. The van der Waals surface area contributed by atoms with Crippen molar-refractivity contribution in [1.29, 1.82) is 0 Å². The highest BCUT2D eigenvalue weighted by atomic mass is 35.5. The maximum atomic E-state index is 15.1. The number of carbonyl (C=O) groups is 1. The van der Waals surface area contributed by atoms with Crippen molar-refractivity contribution in [3.63, 3.8) is 0 Å². The number of benzene rings is 3. The SMILES string of the molecule is COc1cc2c(cc1OC)C(c1c(F)cccc1Cl)N(C(=O)Nc1ccccc1C)CC2. The first-order chi connectivity index (χ1) is 15.4. The van der Waals surface area contributed by atoms with Crippen molar-refractivity contribution in [2.75, 3.05) is 26.1 Å². The molecule has 0 spiro atoms. The molecule has 4 rings (SSSR count). The number of nitrogens with zero attached hydrogens (tertiary/aromatic N) is 1. The summed E-state index contributed by atoms with van der Waals surface area (Å²) in [6.07, 6.45) is 0.583. The van der Waals surface area contributed by atoms with Crippen LogP contribution in [0.1, 0.15) is 28.3 Å². The quantitative estimate of drug-likeness (QED) is 0.527. The minimum atomic E-state index is -0.726. The zero-order valence-corrected chi connectivity index (χ0v) is 18.9.